The topological polar surface area (TPSA) is 134 Å². The summed E-state index contributed by atoms with van der Waals surface area (Å²) in [6.07, 6.45) is 1.76. The first-order chi connectivity index (χ1) is 21.3. The van der Waals surface area contributed by atoms with Crippen molar-refractivity contribution in [3.63, 3.8) is 0 Å². The summed E-state index contributed by atoms with van der Waals surface area (Å²) in [4.78, 5) is 68.5. The molecule has 6 rings (SSSR count). The van der Waals surface area contributed by atoms with Crippen molar-refractivity contribution in [2.75, 3.05) is 11.9 Å². The van der Waals surface area contributed by atoms with E-state index in [0.29, 0.717) is 0 Å². The number of halogens is 1. The molecule has 1 aromatic heterocycles. The predicted octanol–water partition coefficient (Wildman–Crippen LogP) is 4.61. The van der Waals surface area contributed by atoms with Gasteiger partial charge < -0.3 is 20.4 Å². The number of anilines is 1. The fourth-order valence-corrected chi connectivity index (χ4v) is 5.23. The Balaban J connectivity index is 1.18. The summed E-state index contributed by atoms with van der Waals surface area (Å²) in [5, 5.41) is 6.04. The Morgan fingerprint density at radius 2 is 1.48 bits per heavy atom. The smallest absolute Gasteiger partial charge is 0.329 e. The first-order valence-electron chi connectivity index (χ1n) is 13.7. The number of H-pyrrole nitrogens is 1. The van der Waals surface area contributed by atoms with Gasteiger partial charge in [-0.05, 0) is 42.0 Å². The Kier molecular flexibility index (Phi) is 7.55. The van der Waals surface area contributed by atoms with Crippen LogP contribution in [-0.4, -0.2) is 47.0 Å². The highest BCUT2D eigenvalue weighted by molar-refractivity contribution is 6.30. The number of ketones is 2. The van der Waals surface area contributed by atoms with Crippen molar-refractivity contribution in [1.82, 2.24) is 10.3 Å². The monoisotopic (exact) mass is 589 g/mol. The van der Waals surface area contributed by atoms with E-state index in [-0.39, 0.29) is 45.7 Å². The maximum absolute atomic E-state index is 13.4. The molecule has 2 amide bonds. The summed E-state index contributed by atoms with van der Waals surface area (Å²) >= 11 is 0. The van der Waals surface area contributed by atoms with E-state index in [2.05, 4.69) is 15.6 Å². The number of rotatable bonds is 8. The summed E-state index contributed by atoms with van der Waals surface area (Å²) in [7, 11) is 0. The zero-order valence-corrected chi connectivity index (χ0v) is 23.1. The van der Waals surface area contributed by atoms with Gasteiger partial charge in [-0.3, -0.25) is 19.2 Å². The Labute approximate surface area is 250 Å². The van der Waals surface area contributed by atoms with E-state index in [1.165, 1.54) is 24.3 Å². The number of carbonyl (C=O) groups is 5. The van der Waals surface area contributed by atoms with Crippen LogP contribution in [0, 0.1) is 5.82 Å². The third-order valence-corrected chi connectivity index (χ3v) is 7.37. The van der Waals surface area contributed by atoms with E-state index < -0.39 is 42.0 Å². The molecule has 0 saturated heterocycles. The molecular weight excluding hydrogens is 565 g/mol. The molecule has 218 valence electrons. The molecule has 1 atom stereocenters. The number of fused-ring (bicyclic) bond motifs is 3. The summed E-state index contributed by atoms with van der Waals surface area (Å²) in [6, 6.07) is 22.1. The Hall–Kier alpha value is -5.90. The second kappa shape index (κ2) is 11.8. The SMILES string of the molecule is O=C(COC(=O)C(Cc1c[nH]c2ccccc12)NC(=O)c1ccc(F)cc1)Nc1cccc2c1C(=O)c1ccccc1C2=O. The molecule has 9 nitrogen and oxygen atoms in total. The van der Waals surface area contributed by atoms with Crippen LogP contribution in [0.3, 0.4) is 0 Å². The highest BCUT2D eigenvalue weighted by Crippen LogP contribution is 2.32. The van der Waals surface area contributed by atoms with Gasteiger partial charge in [-0.1, -0.05) is 54.6 Å². The molecule has 44 heavy (non-hydrogen) atoms. The molecule has 4 aromatic carbocycles. The number of carbonyl (C=O) groups excluding carboxylic acids is 5. The standard InChI is InChI=1S/C34H24FN3O6/c35-21-14-12-19(13-15-21)33(42)38-28(16-20-17-36-26-10-4-3-6-22(20)26)34(43)44-18-29(39)37-27-11-5-9-25-30(27)32(41)24-8-2-1-7-23(24)31(25)40/h1-15,17,28,36H,16,18H2,(H,37,39)(H,38,42). The summed E-state index contributed by atoms with van der Waals surface area (Å²) in [5.74, 6) is -3.52. The van der Waals surface area contributed by atoms with Crippen molar-refractivity contribution in [1.29, 1.82) is 0 Å². The summed E-state index contributed by atoms with van der Waals surface area (Å²) in [6.45, 7) is -0.724. The van der Waals surface area contributed by atoms with Gasteiger partial charge >= 0.3 is 5.97 Å². The van der Waals surface area contributed by atoms with Crippen LogP contribution in [0.4, 0.5) is 10.1 Å². The van der Waals surface area contributed by atoms with Gasteiger partial charge in [0.25, 0.3) is 11.8 Å². The van der Waals surface area contributed by atoms with Crippen molar-refractivity contribution >= 4 is 45.9 Å². The molecule has 0 spiro atoms. The van der Waals surface area contributed by atoms with Gasteiger partial charge in [0, 0.05) is 45.8 Å². The average Bonchev–Trinajstić information content (AvgIpc) is 3.45. The van der Waals surface area contributed by atoms with E-state index in [1.54, 1.807) is 36.5 Å². The third-order valence-electron chi connectivity index (χ3n) is 7.37. The molecule has 1 heterocycles. The molecular formula is C34H24FN3O6. The fourth-order valence-electron chi connectivity index (χ4n) is 5.23. The number of esters is 1. The van der Waals surface area contributed by atoms with Gasteiger partial charge in [0.05, 0.1) is 11.3 Å². The summed E-state index contributed by atoms with van der Waals surface area (Å²) in [5.41, 5.74) is 2.53. The highest BCUT2D eigenvalue weighted by atomic mass is 19.1. The zero-order chi connectivity index (χ0) is 30.8. The molecule has 0 aliphatic heterocycles. The van der Waals surface area contributed by atoms with Gasteiger partial charge in [0.2, 0.25) is 0 Å². The number of hydrogen-bond donors (Lipinski definition) is 3. The summed E-state index contributed by atoms with van der Waals surface area (Å²) < 4.78 is 18.7. The Morgan fingerprint density at radius 1 is 0.795 bits per heavy atom. The maximum Gasteiger partial charge on any atom is 0.329 e. The first kappa shape index (κ1) is 28.2. The van der Waals surface area contributed by atoms with Crippen LogP contribution in [-0.2, 0) is 20.7 Å². The number of amides is 2. The molecule has 1 aliphatic rings. The molecule has 0 radical (unpaired) electrons. The van der Waals surface area contributed by atoms with Crippen LogP contribution in [0.25, 0.3) is 10.9 Å². The van der Waals surface area contributed by atoms with E-state index >= 15 is 0 Å². The molecule has 0 fully saturated rings. The van der Waals surface area contributed by atoms with E-state index in [0.717, 1.165) is 28.6 Å². The van der Waals surface area contributed by atoms with E-state index in [4.69, 9.17) is 4.74 Å². The Bertz CT molecular complexity index is 1960. The van der Waals surface area contributed by atoms with Crippen molar-refractivity contribution in [2.45, 2.75) is 12.5 Å². The number of benzene rings is 4. The Morgan fingerprint density at radius 3 is 2.25 bits per heavy atom. The van der Waals surface area contributed by atoms with Crippen LogP contribution in [0.2, 0.25) is 0 Å². The second-order valence-electron chi connectivity index (χ2n) is 10.2. The molecule has 3 N–H and O–H groups in total. The normalized spacial score (nSPS) is 12.7. The number of aromatic nitrogens is 1. The van der Waals surface area contributed by atoms with Crippen molar-refractivity contribution in [3.8, 4) is 0 Å². The number of hydrogen-bond acceptors (Lipinski definition) is 6. The molecule has 10 heteroatoms. The van der Waals surface area contributed by atoms with Crippen LogP contribution in [0.15, 0.2) is 97.2 Å². The third kappa shape index (κ3) is 5.48. The zero-order valence-electron chi connectivity index (χ0n) is 23.1. The average molecular weight is 590 g/mol. The van der Waals surface area contributed by atoms with Gasteiger partial charge in [-0.15, -0.1) is 0 Å². The predicted molar refractivity (Wildman–Crippen MR) is 159 cm³/mol. The van der Waals surface area contributed by atoms with Crippen molar-refractivity contribution < 1.29 is 33.1 Å². The highest BCUT2D eigenvalue weighted by Gasteiger charge is 2.32. The largest absolute Gasteiger partial charge is 0.454 e. The number of ether oxygens (including phenoxy) is 1. The van der Waals surface area contributed by atoms with Gasteiger partial charge in [-0.25, -0.2) is 9.18 Å². The number of nitrogens with one attached hydrogen (secondary N) is 3. The molecule has 0 bridgehead atoms. The lowest BCUT2D eigenvalue weighted by molar-refractivity contribution is -0.149. The van der Waals surface area contributed by atoms with Gasteiger partial charge in [0.15, 0.2) is 18.2 Å². The first-order valence-corrected chi connectivity index (χ1v) is 13.7. The molecule has 1 unspecified atom stereocenters. The minimum Gasteiger partial charge on any atom is -0.454 e. The van der Waals surface area contributed by atoms with E-state index in [9.17, 15) is 28.4 Å². The quantitative estimate of drug-likeness (QED) is 0.222. The molecule has 0 saturated carbocycles. The lowest BCUT2D eigenvalue weighted by Crippen LogP contribution is -2.44. The van der Waals surface area contributed by atoms with Gasteiger partial charge in [0.1, 0.15) is 11.9 Å². The lowest BCUT2D eigenvalue weighted by Gasteiger charge is -2.20. The fraction of sp³-hybridized carbons (Fsp3) is 0.0882. The van der Waals surface area contributed by atoms with Crippen molar-refractivity contribution in [2.24, 2.45) is 0 Å². The lowest BCUT2D eigenvalue weighted by atomic mass is 9.83. The van der Waals surface area contributed by atoms with E-state index in [1.807, 2.05) is 24.3 Å². The number of aromatic amines is 1. The van der Waals surface area contributed by atoms with Crippen LogP contribution >= 0.6 is 0 Å². The van der Waals surface area contributed by atoms with Crippen molar-refractivity contribution in [3.05, 3.63) is 136 Å². The molecule has 5 aromatic rings. The van der Waals surface area contributed by atoms with Crippen LogP contribution in [0.5, 0.6) is 0 Å². The number of para-hydroxylation sites is 1. The van der Waals surface area contributed by atoms with Crippen LogP contribution < -0.4 is 10.6 Å². The maximum atomic E-state index is 13.4. The minimum absolute atomic E-state index is 0.0413. The molecule has 1 aliphatic carbocycles. The van der Waals surface area contributed by atoms with Gasteiger partial charge in [-0.2, -0.15) is 0 Å². The van der Waals surface area contributed by atoms with Crippen LogP contribution in [0.1, 0.15) is 47.8 Å². The second-order valence-corrected chi connectivity index (χ2v) is 10.2. The minimum atomic E-state index is -1.19.